The van der Waals surface area contributed by atoms with Crippen LogP contribution in [0.4, 0.5) is 0 Å². The third kappa shape index (κ3) is 4.28. The summed E-state index contributed by atoms with van der Waals surface area (Å²) in [6, 6.07) is 39.8. The maximum absolute atomic E-state index is 5.12. The molecule has 196 valence electrons. The molecule has 5 heteroatoms. The molecule has 0 fully saturated rings. The van der Waals surface area contributed by atoms with Crippen molar-refractivity contribution in [3.63, 3.8) is 0 Å². The zero-order valence-corrected chi connectivity index (χ0v) is 23.3. The van der Waals surface area contributed by atoms with E-state index in [0.717, 1.165) is 44.5 Å². The Bertz CT molecular complexity index is 2120. The molecular weight excluding hydrogens is 520 g/mol. The summed E-state index contributed by atoms with van der Waals surface area (Å²) >= 11 is 1.82. The number of rotatable bonds is 3. The van der Waals surface area contributed by atoms with Gasteiger partial charge in [-0.15, -0.1) is 17.9 Å². The predicted octanol–water partition coefficient (Wildman–Crippen LogP) is 9.86. The Morgan fingerprint density at radius 1 is 0.683 bits per heavy atom. The monoisotopic (exact) mass is 546 g/mol. The van der Waals surface area contributed by atoms with Gasteiger partial charge in [0, 0.05) is 42.9 Å². The molecule has 0 N–H and O–H groups in total. The molecule has 0 aliphatic carbocycles. The Kier molecular flexibility index (Phi) is 6.34. The Balaban J connectivity index is 0.000000884. The second kappa shape index (κ2) is 10.5. The average molecular weight is 547 g/mol. The molecule has 0 saturated carbocycles. The quantitative estimate of drug-likeness (QED) is 0.207. The second-order valence-electron chi connectivity index (χ2n) is 9.72. The van der Waals surface area contributed by atoms with E-state index in [1.54, 1.807) is 6.08 Å². The fourth-order valence-corrected chi connectivity index (χ4v) is 6.60. The summed E-state index contributed by atoms with van der Waals surface area (Å²) in [5.41, 5.74) is 6.90. The van der Waals surface area contributed by atoms with Crippen molar-refractivity contribution in [1.29, 1.82) is 0 Å². The summed E-state index contributed by atoms with van der Waals surface area (Å²) < 4.78 is 4.69. The third-order valence-electron chi connectivity index (χ3n) is 7.08. The van der Waals surface area contributed by atoms with Crippen LogP contribution in [-0.4, -0.2) is 19.5 Å². The lowest BCUT2D eigenvalue weighted by molar-refractivity contribution is 0.995. The molecule has 0 unspecified atom stereocenters. The van der Waals surface area contributed by atoms with Gasteiger partial charge in [0.1, 0.15) is 0 Å². The summed E-state index contributed by atoms with van der Waals surface area (Å²) in [5, 5.41) is 3.68. The minimum atomic E-state index is 0.638. The second-order valence-corrected chi connectivity index (χ2v) is 10.8. The first-order chi connectivity index (χ1) is 20.3. The fraction of sp³-hybridized carbons (Fsp3) is 0.0278. The highest BCUT2D eigenvalue weighted by Crippen LogP contribution is 2.42. The van der Waals surface area contributed by atoms with Gasteiger partial charge in [0.25, 0.3) is 0 Å². The summed E-state index contributed by atoms with van der Waals surface area (Å²) in [6.07, 6.45) is 3.62. The zero-order valence-electron chi connectivity index (χ0n) is 22.5. The highest BCUT2D eigenvalue weighted by Gasteiger charge is 2.20. The molecule has 0 bridgehead atoms. The van der Waals surface area contributed by atoms with Crippen LogP contribution in [0.1, 0.15) is 6.92 Å². The van der Waals surface area contributed by atoms with E-state index >= 15 is 0 Å². The number of hydrogen-bond acceptors (Lipinski definition) is 4. The average Bonchev–Trinajstić information content (AvgIpc) is 3.58. The van der Waals surface area contributed by atoms with Crippen molar-refractivity contribution < 1.29 is 0 Å². The minimum Gasteiger partial charge on any atom is -0.276 e. The van der Waals surface area contributed by atoms with Crippen molar-refractivity contribution in [2.45, 2.75) is 6.92 Å². The molecule has 4 aromatic heterocycles. The molecule has 0 atom stereocenters. The molecule has 0 amide bonds. The lowest BCUT2D eigenvalue weighted by Crippen LogP contribution is -2.04. The molecule has 0 aliphatic heterocycles. The maximum Gasteiger partial charge on any atom is 0.235 e. The van der Waals surface area contributed by atoms with Gasteiger partial charge in [0.05, 0.1) is 27.9 Å². The van der Waals surface area contributed by atoms with E-state index in [9.17, 15) is 0 Å². The van der Waals surface area contributed by atoms with Gasteiger partial charge >= 0.3 is 0 Å². The number of pyridine rings is 1. The highest BCUT2D eigenvalue weighted by atomic mass is 32.1. The van der Waals surface area contributed by atoms with Gasteiger partial charge in [-0.05, 0) is 37.3 Å². The van der Waals surface area contributed by atoms with Crippen LogP contribution >= 0.6 is 11.3 Å². The molecule has 0 radical (unpaired) electrons. The Labute approximate surface area is 241 Å². The molecule has 0 spiro atoms. The number of hydrogen-bond donors (Lipinski definition) is 0. The first-order valence-corrected chi connectivity index (χ1v) is 14.3. The van der Waals surface area contributed by atoms with Gasteiger partial charge in [-0.3, -0.25) is 9.55 Å². The van der Waals surface area contributed by atoms with Gasteiger partial charge in [0.2, 0.25) is 5.95 Å². The number of allylic oxidation sites excluding steroid dienone is 1. The van der Waals surface area contributed by atoms with E-state index in [1.165, 1.54) is 20.2 Å². The predicted molar refractivity (Wildman–Crippen MR) is 174 cm³/mol. The molecule has 0 saturated heterocycles. The van der Waals surface area contributed by atoms with Gasteiger partial charge in [0.15, 0.2) is 0 Å². The molecule has 8 aromatic rings. The van der Waals surface area contributed by atoms with Crippen molar-refractivity contribution in [3.05, 3.63) is 134 Å². The Morgan fingerprint density at radius 2 is 1.32 bits per heavy atom. The lowest BCUT2D eigenvalue weighted by atomic mass is 10.1. The fourth-order valence-electron chi connectivity index (χ4n) is 5.36. The van der Waals surface area contributed by atoms with Crippen LogP contribution in [0.2, 0.25) is 0 Å². The first kappa shape index (κ1) is 24.9. The summed E-state index contributed by atoms with van der Waals surface area (Å²) in [6.45, 7) is 5.25. The van der Waals surface area contributed by atoms with E-state index in [4.69, 9.17) is 15.0 Å². The van der Waals surface area contributed by atoms with Crippen LogP contribution in [0.3, 0.4) is 0 Å². The van der Waals surface area contributed by atoms with Crippen LogP contribution < -0.4 is 0 Å². The van der Waals surface area contributed by atoms with Gasteiger partial charge < -0.3 is 0 Å². The molecular formula is C36H26N4S. The van der Waals surface area contributed by atoms with Crippen molar-refractivity contribution in [2.75, 3.05) is 0 Å². The molecule has 0 aliphatic rings. The number of aromatic nitrogens is 4. The summed E-state index contributed by atoms with van der Waals surface area (Å²) in [4.78, 5) is 15.1. The summed E-state index contributed by atoms with van der Waals surface area (Å²) in [7, 11) is 0. The van der Waals surface area contributed by atoms with Crippen LogP contribution in [-0.2, 0) is 0 Å². The molecule has 4 aromatic carbocycles. The minimum absolute atomic E-state index is 0.638. The number of fused-ring (bicyclic) bond motifs is 7. The van der Waals surface area contributed by atoms with Crippen LogP contribution in [0, 0.1) is 0 Å². The van der Waals surface area contributed by atoms with Crippen molar-refractivity contribution >= 4 is 53.4 Å². The van der Waals surface area contributed by atoms with Gasteiger partial charge in [-0.25, -0.2) is 9.97 Å². The number of nitrogens with zero attached hydrogens (tertiary/aromatic N) is 4. The topological polar surface area (TPSA) is 43.6 Å². The maximum atomic E-state index is 5.12. The SMILES string of the molecule is C=CC.c1ccc(-c2cc(-c3ccccc3)nc(-n3c4cccnc4c4c5sc6ccccc6c5ccc43)n2)cc1. The van der Waals surface area contributed by atoms with E-state index in [-0.39, 0.29) is 0 Å². The van der Waals surface area contributed by atoms with Crippen LogP contribution in [0.5, 0.6) is 0 Å². The first-order valence-electron chi connectivity index (χ1n) is 13.5. The van der Waals surface area contributed by atoms with E-state index in [0.29, 0.717) is 5.95 Å². The number of thiophene rings is 1. The van der Waals surface area contributed by atoms with Crippen LogP contribution in [0.25, 0.3) is 70.6 Å². The molecule has 4 nitrogen and oxygen atoms in total. The lowest BCUT2D eigenvalue weighted by Gasteiger charge is -2.11. The smallest absolute Gasteiger partial charge is 0.235 e. The van der Waals surface area contributed by atoms with Gasteiger partial charge in [-0.2, -0.15) is 0 Å². The van der Waals surface area contributed by atoms with Crippen molar-refractivity contribution in [1.82, 2.24) is 19.5 Å². The van der Waals surface area contributed by atoms with E-state index in [2.05, 4.69) is 83.9 Å². The van der Waals surface area contributed by atoms with E-state index < -0.39 is 0 Å². The van der Waals surface area contributed by atoms with Crippen LogP contribution in [0.15, 0.2) is 134 Å². The molecule has 4 heterocycles. The normalized spacial score (nSPS) is 11.1. The summed E-state index contributed by atoms with van der Waals surface area (Å²) in [5.74, 6) is 0.638. The standard InChI is InChI=1S/C33H20N4S.C3H6/c1-3-10-21(11-4-1)25-20-26(22-12-5-2-6-13-22)36-33(35-25)37-27-18-17-24-23-14-7-8-16-29(23)38-32(24)30(27)31-28(37)15-9-19-34-31;1-3-2/h1-20H;3H,1H2,2H3. The third-order valence-corrected chi connectivity index (χ3v) is 8.29. The van der Waals surface area contributed by atoms with E-state index in [1.807, 2.05) is 66.9 Å². The van der Waals surface area contributed by atoms with Gasteiger partial charge in [-0.1, -0.05) is 91.0 Å². The molecule has 41 heavy (non-hydrogen) atoms. The highest BCUT2D eigenvalue weighted by molar-refractivity contribution is 7.26. The number of benzene rings is 4. The van der Waals surface area contributed by atoms with Crippen molar-refractivity contribution in [3.8, 4) is 28.5 Å². The Morgan fingerprint density at radius 3 is 2.00 bits per heavy atom. The largest absolute Gasteiger partial charge is 0.276 e. The molecule has 8 rings (SSSR count). The Hall–Kier alpha value is -5.13. The van der Waals surface area contributed by atoms with Crippen molar-refractivity contribution in [2.24, 2.45) is 0 Å². The zero-order chi connectivity index (χ0) is 27.8.